The van der Waals surface area contributed by atoms with Gasteiger partial charge in [0.15, 0.2) is 0 Å². The van der Waals surface area contributed by atoms with E-state index < -0.39 is 0 Å². The Morgan fingerprint density at radius 1 is 1.29 bits per heavy atom. The van der Waals surface area contributed by atoms with E-state index in [2.05, 4.69) is 5.32 Å². The molecule has 0 aromatic carbocycles. The first-order valence-electron chi connectivity index (χ1n) is 5.13. The molecule has 4 heteroatoms. The van der Waals surface area contributed by atoms with Gasteiger partial charge in [-0.3, -0.25) is 4.79 Å². The van der Waals surface area contributed by atoms with Crippen molar-refractivity contribution in [2.24, 2.45) is 5.92 Å². The van der Waals surface area contributed by atoms with Crippen LogP contribution >= 0.6 is 12.4 Å². The monoisotopic (exact) mass is 219 g/mol. The number of hydrogen-bond acceptors (Lipinski definition) is 3. The number of piperidine rings is 2. The van der Waals surface area contributed by atoms with Crippen LogP contribution in [0.5, 0.6) is 0 Å². The zero-order valence-electron chi connectivity index (χ0n) is 8.49. The Balaban J connectivity index is 0.000000980. The second-order valence-corrected chi connectivity index (χ2v) is 4.18. The maximum absolute atomic E-state index is 11.3. The Hall–Kier alpha value is -0.280. The highest BCUT2D eigenvalue weighted by Crippen LogP contribution is 2.30. The van der Waals surface area contributed by atoms with Crippen LogP contribution in [0.2, 0.25) is 0 Å². The van der Waals surface area contributed by atoms with Crippen LogP contribution in [0.4, 0.5) is 0 Å². The molecule has 0 saturated carbocycles. The van der Waals surface area contributed by atoms with Gasteiger partial charge in [0.2, 0.25) is 0 Å². The largest absolute Gasteiger partial charge is 0.469 e. The number of carbonyl (C=O) groups is 1. The summed E-state index contributed by atoms with van der Waals surface area (Å²) in [4.78, 5) is 11.3. The molecule has 2 heterocycles. The lowest BCUT2D eigenvalue weighted by Crippen LogP contribution is -2.50. The molecule has 3 nitrogen and oxygen atoms in total. The molecule has 0 spiro atoms. The van der Waals surface area contributed by atoms with Crippen LogP contribution in [0, 0.1) is 5.92 Å². The molecule has 14 heavy (non-hydrogen) atoms. The van der Waals surface area contributed by atoms with Crippen molar-refractivity contribution in [3.8, 4) is 0 Å². The van der Waals surface area contributed by atoms with E-state index in [1.165, 1.54) is 26.4 Å². The number of methoxy groups -OCH3 is 1. The van der Waals surface area contributed by atoms with Gasteiger partial charge in [0, 0.05) is 12.1 Å². The van der Waals surface area contributed by atoms with Crippen molar-refractivity contribution >= 4 is 18.4 Å². The maximum atomic E-state index is 11.3. The normalized spacial score (nSPS) is 35.6. The summed E-state index contributed by atoms with van der Waals surface area (Å²) in [7, 11) is 1.49. The summed E-state index contributed by atoms with van der Waals surface area (Å²) in [6, 6.07) is 1.13. The first-order chi connectivity index (χ1) is 6.29. The van der Waals surface area contributed by atoms with Crippen LogP contribution in [-0.4, -0.2) is 25.2 Å². The van der Waals surface area contributed by atoms with Gasteiger partial charge < -0.3 is 10.1 Å². The first-order valence-corrected chi connectivity index (χ1v) is 5.13. The first kappa shape index (κ1) is 11.8. The molecule has 2 rings (SSSR count). The van der Waals surface area contributed by atoms with E-state index in [1.54, 1.807) is 0 Å². The van der Waals surface area contributed by atoms with Crippen molar-refractivity contribution in [1.29, 1.82) is 0 Å². The summed E-state index contributed by atoms with van der Waals surface area (Å²) in [6.07, 6.45) is 5.72. The van der Waals surface area contributed by atoms with Crippen molar-refractivity contribution in [3.05, 3.63) is 0 Å². The quantitative estimate of drug-likeness (QED) is 0.680. The van der Waals surface area contributed by atoms with E-state index in [1.807, 2.05) is 0 Å². The van der Waals surface area contributed by atoms with Crippen molar-refractivity contribution in [3.63, 3.8) is 0 Å². The zero-order chi connectivity index (χ0) is 9.26. The third-order valence-corrected chi connectivity index (χ3v) is 3.25. The predicted molar refractivity (Wildman–Crippen MR) is 56.6 cm³/mol. The third kappa shape index (κ3) is 2.39. The van der Waals surface area contributed by atoms with Crippen LogP contribution in [0.3, 0.4) is 0 Å². The number of halogens is 1. The Morgan fingerprint density at radius 3 is 2.36 bits per heavy atom. The lowest BCUT2D eigenvalue weighted by Gasteiger charge is -2.39. The van der Waals surface area contributed by atoms with Crippen molar-refractivity contribution in [1.82, 2.24) is 5.32 Å². The van der Waals surface area contributed by atoms with E-state index in [4.69, 9.17) is 4.74 Å². The summed E-state index contributed by atoms with van der Waals surface area (Å²) in [5.41, 5.74) is 0. The average molecular weight is 220 g/mol. The molecule has 2 aliphatic rings. The number of nitrogens with one attached hydrogen (secondary N) is 1. The van der Waals surface area contributed by atoms with Gasteiger partial charge in [0.05, 0.1) is 13.0 Å². The topological polar surface area (TPSA) is 38.3 Å². The van der Waals surface area contributed by atoms with Gasteiger partial charge in [-0.25, -0.2) is 0 Å². The molecule has 1 N–H and O–H groups in total. The fourth-order valence-electron chi connectivity index (χ4n) is 2.62. The highest BCUT2D eigenvalue weighted by Gasteiger charge is 2.34. The minimum atomic E-state index is -0.0154. The van der Waals surface area contributed by atoms with Gasteiger partial charge in [-0.1, -0.05) is 6.42 Å². The second-order valence-electron chi connectivity index (χ2n) is 4.18. The average Bonchev–Trinajstić information content (AvgIpc) is 2.16. The number of ether oxygens (including phenoxy) is 1. The van der Waals surface area contributed by atoms with Gasteiger partial charge in [-0.05, 0) is 25.7 Å². The number of carbonyl (C=O) groups excluding carboxylic acids is 1. The number of esters is 1. The van der Waals surface area contributed by atoms with E-state index in [0.29, 0.717) is 12.1 Å². The molecule has 0 amide bonds. The number of fused-ring (bicyclic) bond motifs is 2. The third-order valence-electron chi connectivity index (χ3n) is 3.25. The summed E-state index contributed by atoms with van der Waals surface area (Å²) in [5, 5.41) is 3.55. The summed E-state index contributed by atoms with van der Waals surface area (Å²) in [6.45, 7) is 0. The molecule has 2 aliphatic heterocycles. The minimum Gasteiger partial charge on any atom is -0.469 e. The highest BCUT2D eigenvalue weighted by molar-refractivity contribution is 5.85. The minimum absolute atomic E-state index is 0. The Kier molecular flexibility index (Phi) is 4.20. The van der Waals surface area contributed by atoms with Crippen molar-refractivity contribution in [2.75, 3.05) is 7.11 Å². The van der Waals surface area contributed by atoms with Gasteiger partial charge in [-0.15, -0.1) is 12.4 Å². The van der Waals surface area contributed by atoms with E-state index in [-0.39, 0.29) is 24.3 Å². The standard InChI is InChI=1S/C10H17NO2.ClH/c1-13-10(12)7-5-8-3-2-4-9(6-7)11-8;/h7-9,11H,2-6H2,1H3;1H/t7?,8-,9?;/m0./s1. The SMILES string of the molecule is COC(=O)C1CC2CCC[C@@H](C1)N2.Cl. The van der Waals surface area contributed by atoms with E-state index in [9.17, 15) is 4.79 Å². The molecular formula is C10H18ClNO2. The molecule has 0 aromatic rings. The predicted octanol–water partition coefficient (Wildman–Crippen LogP) is 1.50. The van der Waals surface area contributed by atoms with Gasteiger partial charge in [0.25, 0.3) is 0 Å². The molecule has 3 atom stereocenters. The van der Waals surface area contributed by atoms with E-state index >= 15 is 0 Å². The molecule has 2 unspecified atom stereocenters. The van der Waals surface area contributed by atoms with E-state index in [0.717, 1.165) is 12.8 Å². The van der Waals surface area contributed by atoms with Crippen molar-refractivity contribution in [2.45, 2.75) is 44.2 Å². The van der Waals surface area contributed by atoms with Crippen LogP contribution in [0.1, 0.15) is 32.1 Å². The fourth-order valence-corrected chi connectivity index (χ4v) is 2.62. The van der Waals surface area contributed by atoms with Gasteiger partial charge in [-0.2, -0.15) is 0 Å². The maximum Gasteiger partial charge on any atom is 0.308 e. The molecule has 2 bridgehead atoms. The molecule has 0 aliphatic carbocycles. The lowest BCUT2D eigenvalue weighted by atomic mass is 9.80. The van der Waals surface area contributed by atoms with Crippen LogP contribution in [-0.2, 0) is 9.53 Å². The zero-order valence-corrected chi connectivity index (χ0v) is 9.31. The lowest BCUT2D eigenvalue weighted by molar-refractivity contribution is -0.147. The number of hydrogen-bond donors (Lipinski definition) is 1. The molecule has 0 aromatic heterocycles. The van der Waals surface area contributed by atoms with Crippen LogP contribution < -0.4 is 5.32 Å². The van der Waals surface area contributed by atoms with Crippen LogP contribution in [0.25, 0.3) is 0 Å². The highest BCUT2D eigenvalue weighted by atomic mass is 35.5. The molecular weight excluding hydrogens is 202 g/mol. The smallest absolute Gasteiger partial charge is 0.308 e. The van der Waals surface area contributed by atoms with Crippen molar-refractivity contribution < 1.29 is 9.53 Å². The molecule has 2 saturated heterocycles. The Labute approximate surface area is 91.0 Å². The molecule has 82 valence electrons. The van der Waals surface area contributed by atoms with Gasteiger partial charge in [0.1, 0.15) is 0 Å². The van der Waals surface area contributed by atoms with Crippen LogP contribution in [0.15, 0.2) is 0 Å². The second kappa shape index (κ2) is 4.99. The summed E-state index contributed by atoms with van der Waals surface area (Å²) in [5.74, 6) is 0.139. The fraction of sp³-hybridized carbons (Fsp3) is 0.900. The molecule has 2 fully saturated rings. The summed E-state index contributed by atoms with van der Waals surface area (Å²) >= 11 is 0. The Morgan fingerprint density at radius 2 is 1.86 bits per heavy atom. The van der Waals surface area contributed by atoms with Gasteiger partial charge >= 0.3 is 5.97 Å². The number of rotatable bonds is 1. The Bertz CT molecular complexity index is 198. The molecule has 0 radical (unpaired) electrons. The summed E-state index contributed by atoms with van der Waals surface area (Å²) < 4.78 is 4.79.